The molecule has 13 heteroatoms. The van der Waals surface area contributed by atoms with E-state index in [-0.39, 0.29) is 35.4 Å². The van der Waals surface area contributed by atoms with Gasteiger partial charge in [-0.25, -0.2) is 4.98 Å². The minimum Gasteiger partial charge on any atom is -0.347 e. The lowest BCUT2D eigenvalue weighted by Crippen LogP contribution is -2.62. The minimum atomic E-state index is -0.994. The van der Waals surface area contributed by atoms with Crippen molar-refractivity contribution in [3.05, 3.63) is 24.3 Å². The van der Waals surface area contributed by atoms with E-state index in [0.29, 0.717) is 19.4 Å². The fraction of sp³-hybridized carbons (Fsp3) is 0.722. The van der Waals surface area contributed by atoms with Crippen LogP contribution in [0.15, 0.2) is 18.6 Å². The number of carbonyl (C=O) groups excluding carboxylic acids is 6. The summed E-state index contributed by atoms with van der Waals surface area (Å²) in [4.78, 5) is 91.4. The van der Waals surface area contributed by atoms with Crippen molar-refractivity contribution in [2.75, 3.05) is 6.54 Å². The molecule has 0 spiro atoms. The van der Waals surface area contributed by atoms with E-state index < -0.39 is 59.0 Å². The smallest absolute Gasteiger partial charge is 0.289 e. The number of Topliss-reactive ketones (excluding diaryl/α,β-unsaturated/α-hetero) is 1. The number of ketones is 1. The van der Waals surface area contributed by atoms with Crippen molar-refractivity contribution in [3.8, 4) is 0 Å². The molecule has 0 radical (unpaired) electrons. The van der Waals surface area contributed by atoms with Gasteiger partial charge in [0.05, 0.1) is 12.2 Å². The van der Waals surface area contributed by atoms with E-state index in [2.05, 4.69) is 31.2 Å². The van der Waals surface area contributed by atoms with Crippen LogP contribution in [0, 0.1) is 23.2 Å². The molecule has 1 aromatic rings. The maximum Gasteiger partial charge on any atom is 0.289 e. The Hall–Kier alpha value is -3.90. The summed E-state index contributed by atoms with van der Waals surface area (Å²) >= 11 is 0. The summed E-state index contributed by atoms with van der Waals surface area (Å²) in [6.07, 6.45) is 13.9. The molecule has 1 saturated heterocycles. The molecule has 0 bridgehead atoms. The highest BCUT2D eigenvalue weighted by Crippen LogP contribution is 2.43. The van der Waals surface area contributed by atoms with E-state index in [4.69, 9.17) is 0 Å². The molecule has 49 heavy (non-hydrogen) atoms. The van der Waals surface area contributed by atoms with Gasteiger partial charge in [-0.05, 0) is 68.1 Å². The second-order valence-electron chi connectivity index (χ2n) is 15.5. The highest BCUT2D eigenvalue weighted by molar-refractivity contribution is 6.38. The number of hydrogen-bond acceptors (Lipinski definition) is 8. The topological polar surface area (TPSA) is 180 Å². The third kappa shape index (κ3) is 8.83. The van der Waals surface area contributed by atoms with Crippen LogP contribution in [0.25, 0.3) is 0 Å². The summed E-state index contributed by atoms with van der Waals surface area (Å²) in [5, 5.41) is 11.5. The van der Waals surface area contributed by atoms with Gasteiger partial charge < -0.3 is 26.2 Å². The number of nitrogens with zero attached hydrogens (tertiary/aromatic N) is 3. The van der Waals surface area contributed by atoms with Crippen molar-refractivity contribution in [2.24, 2.45) is 23.2 Å². The van der Waals surface area contributed by atoms with Crippen molar-refractivity contribution in [2.45, 2.75) is 135 Å². The zero-order chi connectivity index (χ0) is 35.3. The molecule has 0 aromatic carbocycles. The van der Waals surface area contributed by atoms with Crippen LogP contribution in [0.3, 0.4) is 0 Å². The molecule has 5 amide bonds. The molecule has 2 heterocycles. The summed E-state index contributed by atoms with van der Waals surface area (Å²) in [6.45, 7) is 7.85. The van der Waals surface area contributed by atoms with Crippen LogP contribution in [-0.2, 0) is 24.0 Å². The lowest BCUT2D eigenvalue weighted by atomic mass is 9.82. The Kier molecular flexibility index (Phi) is 11.7. The normalized spacial score (nSPS) is 24.2. The molecule has 268 valence electrons. The number of fused-ring (bicyclic) bond motifs is 1. The number of amides is 5. The van der Waals surface area contributed by atoms with Gasteiger partial charge in [-0.2, -0.15) is 0 Å². The molecule has 3 saturated carbocycles. The van der Waals surface area contributed by atoms with Crippen molar-refractivity contribution in [3.63, 3.8) is 0 Å². The molecular weight excluding hydrogens is 626 g/mol. The Morgan fingerprint density at radius 3 is 2.27 bits per heavy atom. The fourth-order valence-electron chi connectivity index (χ4n) is 7.87. The van der Waals surface area contributed by atoms with Crippen LogP contribution >= 0.6 is 0 Å². The molecule has 1 aliphatic heterocycles. The first-order valence-corrected chi connectivity index (χ1v) is 18.2. The molecule has 1 unspecified atom stereocenters. The van der Waals surface area contributed by atoms with Crippen LogP contribution < -0.4 is 21.3 Å². The SMILES string of the molecule is CCC[C@H](NC(=O)C1[C@H]2CCC[C@@H]2CN1C(=O)[C@@H](NC(=O)[C@H](NC(=O)c1cnccn1)C1CCCCC1)C(C)(C)C)C(=O)C(=O)NC1CC1. The molecule has 4 N–H and O–H groups in total. The number of hydrogen-bond donors (Lipinski definition) is 4. The minimum absolute atomic E-state index is 0.0132. The first kappa shape index (κ1) is 36.4. The van der Waals surface area contributed by atoms with Gasteiger partial charge in [0.2, 0.25) is 23.5 Å². The van der Waals surface area contributed by atoms with Gasteiger partial charge in [0.25, 0.3) is 11.8 Å². The summed E-state index contributed by atoms with van der Waals surface area (Å²) in [5.74, 6) is -3.20. The fourth-order valence-corrected chi connectivity index (χ4v) is 7.87. The largest absolute Gasteiger partial charge is 0.347 e. The Morgan fingerprint density at radius 1 is 0.898 bits per heavy atom. The summed E-state index contributed by atoms with van der Waals surface area (Å²) in [6, 6.07) is -3.68. The van der Waals surface area contributed by atoms with E-state index in [0.717, 1.165) is 64.2 Å². The van der Waals surface area contributed by atoms with Crippen molar-refractivity contribution >= 4 is 35.3 Å². The number of carbonyl (C=O) groups is 6. The average molecular weight is 680 g/mol. The molecular formula is C36H53N7O6. The summed E-state index contributed by atoms with van der Waals surface area (Å²) < 4.78 is 0. The first-order chi connectivity index (χ1) is 23.4. The van der Waals surface area contributed by atoms with E-state index in [1.54, 1.807) is 4.90 Å². The van der Waals surface area contributed by atoms with Crippen molar-refractivity contribution in [1.29, 1.82) is 0 Å². The van der Waals surface area contributed by atoms with Gasteiger partial charge in [-0.1, -0.05) is 59.8 Å². The average Bonchev–Trinajstić information content (AvgIpc) is 3.65. The van der Waals surface area contributed by atoms with Crippen LogP contribution in [0.2, 0.25) is 0 Å². The highest BCUT2D eigenvalue weighted by Gasteiger charge is 2.52. The molecule has 1 aromatic heterocycles. The van der Waals surface area contributed by atoms with Gasteiger partial charge >= 0.3 is 0 Å². The Bertz CT molecular complexity index is 1390. The summed E-state index contributed by atoms with van der Waals surface area (Å²) in [5.41, 5.74) is -0.638. The zero-order valence-corrected chi connectivity index (χ0v) is 29.3. The van der Waals surface area contributed by atoms with Crippen LogP contribution in [0.1, 0.15) is 115 Å². The lowest BCUT2D eigenvalue weighted by Gasteiger charge is -2.38. The quantitative estimate of drug-likeness (QED) is 0.230. The van der Waals surface area contributed by atoms with Gasteiger partial charge in [-0.3, -0.25) is 33.8 Å². The molecule has 4 aliphatic rings. The van der Waals surface area contributed by atoms with Gasteiger partial charge in [-0.15, -0.1) is 0 Å². The second kappa shape index (κ2) is 15.8. The van der Waals surface area contributed by atoms with E-state index in [1.807, 2.05) is 27.7 Å². The Balaban J connectivity index is 1.36. The lowest BCUT2D eigenvalue weighted by molar-refractivity contribution is -0.146. The highest BCUT2D eigenvalue weighted by atomic mass is 16.2. The third-order valence-corrected chi connectivity index (χ3v) is 10.7. The molecule has 13 nitrogen and oxygen atoms in total. The van der Waals surface area contributed by atoms with Crippen molar-refractivity contribution < 1.29 is 28.8 Å². The maximum atomic E-state index is 14.6. The molecule has 3 aliphatic carbocycles. The van der Waals surface area contributed by atoms with E-state index >= 15 is 0 Å². The monoisotopic (exact) mass is 679 g/mol. The maximum absolute atomic E-state index is 14.6. The zero-order valence-electron chi connectivity index (χ0n) is 29.3. The summed E-state index contributed by atoms with van der Waals surface area (Å²) in [7, 11) is 0. The third-order valence-electron chi connectivity index (χ3n) is 10.7. The molecule has 5 rings (SSSR count). The standard InChI is InChI=1S/C36H53N7O6/c1-5-10-25(29(44)34(48)39-23-15-16-23)40-33(47)28-24-14-9-13-22(24)20-43(28)35(49)30(36(2,3)4)42-32(46)27(21-11-7-6-8-12-21)41-31(45)26-19-37-17-18-38-26/h17-19,21-25,27-28,30H,5-16,20H2,1-4H3,(H,39,48)(H,40,47)(H,41,45)(H,42,46)/t22-,24+,25+,27-,28?,30-/m1/s1. The predicted octanol–water partition coefficient (Wildman–Crippen LogP) is 2.45. The number of nitrogens with one attached hydrogen (secondary N) is 4. The Morgan fingerprint density at radius 2 is 1.63 bits per heavy atom. The van der Waals surface area contributed by atoms with Crippen molar-refractivity contribution in [1.82, 2.24) is 36.1 Å². The van der Waals surface area contributed by atoms with Gasteiger partial charge in [0.1, 0.15) is 23.8 Å². The van der Waals surface area contributed by atoms with Gasteiger partial charge in [0, 0.05) is 25.0 Å². The van der Waals surface area contributed by atoms with E-state index in [1.165, 1.54) is 18.6 Å². The molecule has 4 fully saturated rings. The van der Waals surface area contributed by atoms with Crippen LogP contribution in [0.5, 0.6) is 0 Å². The molecule has 6 atom stereocenters. The Labute approximate surface area is 288 Å². The first-order valence-electron chi connectivity index (χ1n) is 18.2. The van der Waals surface area contributed by atoms with Crippen LogP contribution in [0.4, 0.5) is 0 Å². The second-order valence-corrected chi connectivity index (χ2v) is 15.5. The number of rotatable bonds is 13. The predicted molar refractivity (Wildman–Crippen MR) is 181 cm³/mol. The number of aromatic nitrogens is 2. The van der Waals surface area contributed by atoms with Crippen LogP contribution in [-0.4, -0.2) is 86.9 Å². The van der Waals surface area contributed by atoms with Gasteiger partial charge in [0.15, 0.2) is 0 Å². The number of likely N-dealkylation sites (tertiary alicyclic amines) is 1. The van der Waals surface area contributed by atoms with E-state index in [9.17, 15) is 28.8 Å².